The molecule has 2 fully saturated rings. The molecule has 0 radical (unpaired) electrons. The summed E-state index contributed by atoms with van der Waals surface area (Å²) in [6, 6.07) is 1.07. The number of halogens is 2. The highest BCUT2D eigenvalue weighted by Gasteiger charge is 2.36. The van der Waals surface area contributed by atoms with Gasteiger partial charge in [0.15, 0.2) is 5.11 Å². The van der Waals surface area contributed by atoms with Crippen LogP contribution in [-0.4, -0.2) is 41.8 Å². The van der Waals surface area contributed by atoms with Gasteiger partial charge in [0.05, 0.1) is 0 Å². The quantitative estimate of drug-likeness (QED) is 0.349. The van der Waals surface area contributed by atoms with E-state index in [2.05, 4.69) is 25.8 Å². The Hall–Kier alpha value is -2.16. The van der Waals surface area contributed by atoms with Crippen LogP contribution in [0.4, 0.5) is 19.6 Å². The number of anilines is 2. The average molecular weight is 559 g/mol. The molecule has 0 saturated heterocycles. The molecule has 0 aromatic carbocycles. The van der Waals surface area contributed by atoms with Gasteiger partial charge in [-0.3, -0.25) is 9.48 Å². The Kier molecular flexibility index (Phi) is 7.05. The molecule has 1 atom stereocenters. The normalized spacial score (nSPS) is 19.7. The monoisotopic (exact) mass is 558 g/mol. The molecule has 0 bridgehead atoms. The third-order valence-electron chi connectivity index (χ3n) is 6.62. The fourth-order valence-electron chi connectivity index (χ4n) is 4.28. The zero-order chi connectivity index (χ0) is 25.6. The van der Waals surface area contributed by atoms with Gasteiger partial charge in [-0.1, -0.05) is 0 Å². The summed E-state index contributed by atoms with van der Waals surface area (Å²) in [5.74, 6) is 0.517. The molecule has 1 unspecified atom stereocenters. The summed E-state index contributed by atoms with van der Waals surface area (Å²) < 4.78 is 56.6. The number of hydrogen-bond acceptors (Lipinski definition) is 6. The van der Waals surface area contributed by atoms with Crippen molar-refractivity contribution in [3.05, 3.63) is 22.2 Å². The number of sulfonamides is 1. The fourth-order valence-corrected chi connectivity index (χ4v) is 7.64. The van der Waals surface area contributed by atoms with Crippen molar-refractivity contribution in [1.82, 2.24) is 19.8 Å². The summed E-state index contributed by atoms with van der Waals surface area (Å²) in [6.07, 6.45) is 2.73. The molecule has 2 saturated carbocycles. The topological polar surface area (TPSA) is 117 Å². The number of thiocarbonyl (C=S) groups is 1. The third-order valence-corrected chi connectivity index (χ3v) is 9.72. The van der Waals surface area contributed by atoms with Crippen LogP contribution in [0, 0.1) is 11.8 Å². The molecule has 0 spiro atoms. The number of fused-ring (bicyclic) bond motifs is 1. The number of alkyl halides is 2. The number of nitrogens with zero attached hydrogens (tertiary/aromatic N) is 2. The molecule has 14 heteroatoms. The van der Waals surface area contributed by atoms with Gasteiger partial charge in [-0.25, -0.2) is 21.9 Å². The summed E-state index contributed by atoms with van der Waals surface area (Å²) >= 11 is 6.73. The largest absolute Gasteiger partial charge is 0.359 e. The number of aryl methyl sites for hydroxylation is 2. The summed E-state index contributed by atoms with van der Waals surface area (Å²) in [7, 11) is -2.28. The third kappa shape index (κ3) is 5.71. The molecule has 3 aliphatic carbocycles. The molecule has 2 aromatic rings. The van der Waals surface area contributed by atoms with Crippen molar-refractivity contribution in [2.75, 3.05) is 17.2 Å². The lowest BCUT2D eigenvalue weighted by atomic mass is 9.94. The van der Waals surface area contributed by atoms with Crippen molar-refractivity contribution in [1.29, 1.82) is 0 Å². The zero-order valence-electron chi connectivity index (χ0n) is 19.6. The molecule has 36 heavy (non-hydrogen) atoms. The van der Waals surface area contributed by atoms with Crippen LogP contribution in [-0.2, 0) is 34.7 Å². The molecule has 2 heterocycles. The molecular weight excluding hydrogens is 530 g/mol. The summed E-state index contributed by atoms with van der Waals surface area (Å²) in [4.78, 5) is 13.6. The van der Waals surface area contributed by atoms with E-state index < -0.39 is 16.4 Å². The van der Waals surface area contributed by atoms with Crippen molar-refractivity contribution < 1.29 is 22.0 Å². The minimum atomic E-state index is -3.82. The lowest BCUT2D eigenvalue weighted by Crippen LogP contribution is -2.41. The average Bonchev–Trinajstić information content (AvgIpc) is 3.73. The Morgan fingerprint density at radius 3 is 2.64 bits per heavy atom. The van der Waals surface area contributed by atoms with Gasteiger partial charge in [0.2, 0.25) is 15.9 Å². The first-order valence-corrected chi connectivity index (χ1v) is 14.7. The minimum absolute atomic E-state index is 0.0467. The molecule has 4 N–H and O–H groups in total. The highest BCUT2D eigenvalue weighted by atomic mass is 32.2. The first-order chi connectivity index (χ1) is 17.1. The predicted molar refractivity (Wildman–Crippen MR) is 137 cm³/mol. The number of amides is 1. The van der Waals surface area contributed by atoms with E-state index in [0.717, 1.165) is 30.6 Å². The number of carbonyl (C=O) groups excluding carboxylic acids is 1. The standard InChI is InChI=1S/C22H28F2N6O3S3/c1-30-17(9-15(29-30)19(23)24)27-22(34)26-13-6-7-16-14(8-13)18(36(32,33)25-10-11-2-3-11)21(35-16)28-20(31)12-4-5-12/h9,11-13,19,25H,2-8,10H2,1H3,(H,28,31)(H2,26,27,34). The van der Waals surface area contributed by atoms with Crippen LogP contribution in [0.2, 0.25) is 0 Å². The van der Waals surface area contributed by atoms with Crippen molar-refractivity contribution in [2.45, 2.75) is 62.3 Å². The summed E-state index contributed by atoms with van der Waals surface area (Å²) in [5.41, 5.74) is 0.346. The van der Waals surface area contributed by atoms with Gasteiger partial charge >= 0.3 is 0 Å². The smallest absolute Gasteiger partial charge is 0.282 e. The molecule has 1 amide bonds. The number of rotatable bonds is 9. The van der Waals surface area contributed by atoms with Gasteiger partial charge in [0.1, 0.15) is 21.4 Å². The Labute approximate surface area is 217 Å². The number of thiophene rings is 1. The Bertz CT molecular complexity index is 1280. The van der Waals surface area contributed by atoms with Gasteiger partial charge in [0, 0.05) is 36.5 Å². The maximum absolute atomic E-state index is 13.4. The number of hydrogen-bond donors (Lipinski definition) is 4. The van der Waals surface area contributed by atoms with E-state index in [1.165, 1.54) is 29.1 Å². The van der Waals surface area contributed by atoms with Gasteiger partial charge in [-0.05, 0) is 68.6 Å². The number of carbonyl (C=O) groups is 1. The van der Waals surface area contributed by atoms with Crippen LogP contribution in [0.15, 0.2) is 11.0 Å². The molecule has 196 valence electrons. The second-order valence-electron chi connectivity index (χ2n) is 9.64. The maximum atomic E-state index is 13.4. The zero-order valence-corrected chi connectivity index (χ0v) is 22.1. The van der Waals surface area contributed by atoms with Crippen LogP contribution in [0.5, 0.6) is 0 Å². The van der Waals surface area contributed by atoms with Crippen LogP contribution < -0.4 is 20.7 Å². The SMILES string of the molecule is Cn1nc(C(F)F)cc1NC(=S)NC1CCc2sc(NC(=O)C3CC3)c(S(=O)(=O)NCC3CC3)c2C1. The lowest BCUT2D eigenvalue weighted by molar-refractivity contribution is -0.117. The van der Waals surface area contributed by atoms with Gasteiger partial charge in [0.25, 0.3) is 6.43 Å². The second kappa shape index (κ2) is 9.95. The minimum Gasteiger partial charge on any atom is -0.359 e. The van der Waals surface area contributed by atoms with Crippen molar-refractivity contribution >= 4 is 55.4 Å². The summed E-state index contributed by atoms with van der Waals surface area (Å²) in [5, 5.41) is 13.3. The van der Waals surface area contributed by atoms with Crippen molar-refractivity contribution in [2.24, 2.45) is 18.9 Å². The maximum Gasteiger partial charge on any atom is 0.282 e. The predicted octanol–water partition coefficient (Wildman–Crippen LogP) is 3.30. The molecule has 5 rings (SSSR count). The molecule has 3 aliphatic rings. The van der Waals surface area contributed by atoms with Crippen LogP contribution >= 0.6 is 23.6 Å². The Balaban J connectivity index is 1.33. The van der Waals surface area contributed by atoms with Crippen molar-refractivity contribution in [3.8, 4) is 0 Å². The lowest BCUT2D eigenvalue weighted by Gasteiger charge is -2.25. The van der Waals surface area contributed by atoms with E-state index in [-0.39, 0.29) is 33.6 Å². The highest BCUT2D eigenvalue weighted by molar-refractivity contribution is 7.90. The van der Waals surface area contributed by atoms with E-state index in [4.69, 9.17) is 12.2 Å². The Morgan fingerprint density at radius 1 is 1.25 bits per heavy atom. The highest BCUT2D eigenvalue weighted by Crippen LogP contribution is 2.42. The first-order valence-electron chi connectivity index (χ1n) is 12.0. The molecule has 0 aliphatic heterocycles. The molecule has 2 aromatic heterocycles. The van der Waals surface area contributed by atoms with Crippen LogP contribution in [0.3, 0.4) is 0 Å². The number of nitrogens with one attached hydrogen (secondary N) is 4. The number of aromatic nitrogens is 2. The van der Waals surface area contributed by atoms with Gasteiger partial charge in [-0.15, -0.1) is 11.3 Å². The summed E-state index contributed by atoms with van der Waals surface area (Å²) in [6.45, 7) is 0.393. The van der Waals surface area contributed by atoms with E-state index in [1.54, 1.807) is 0 Å². The van der Waals surface area contributed by atoms with Crippen LogP contribution in [0.25, 0.3) is 0 Å². The molecular formula is C22H28F2N6O3S3. The van der Waals surface area contributed by atoms with Crippen molar-refractivity contribution in [3.63, 3.8) is 0 Å². The Morgan fingerprint density at radius 2 is 2.00 bits per heavy atom. The van der Waals surface area contributed by atoms with Crippen LogP contribution in [0.1, 0.15) is 54.7 Å². The fraction of sp³-hybridized carbons (Fsp3) is 0.591. The van der Waals surface area contributed by atoms with Gasteiger partial charge < -0.3 is 16.0 Å². The van der Waals surface area contributed by atoms with Gasteiger partial charge in [-0.2, -0.15) is 5.10 Å². The van der Waals surface area contributed by atoms with E-state index >= 15 is 0 Å². The molecule has 9 nitrogen and oxygen atoms in total. The van der Waals surface area contributed by atoms with E-state index in [9.17, 15) is 22.0 Å². The first kappa shape index (κ1) is 25.5. The van der Waals surface area contributed by atoms with E-state index in [1.807, 2.05) is 0 Å². The second-order valence-corrected chi connectivity index (χ2v) is 12.9. The van der Waals surface area contributed by atoms with E-state index in [0.29, 0.717) is 48.1 Å².